The third kappa shape index (κ3) is 9.57. The van der Waals surface area contributed by atoms with Crippen molar-refractivity contribution in [3.63, 3.8) is 0 Å². The van der Waals surface area contributed by atoms with Gasteiger partial charge in [-0.25, -0.2) is 0 Å². The number of rotatable bonds is 10. The maximum absolute atomic E-state index is 14.2. The van der Waals surface area contributed by atoms with E-state index in [2.05, 4.69) is 155 Å². The molecular weight excluding hydrogens is 1030 g/mol. The number of carboxylic acids is 1. The first kappa shape index (κ1) is 57.9. The van der Waals surface area contributed by atoms with Crippen LogP contribution in [0.3, 0.4) is 0 Å². The second-order valence-corrected chi connectivity index (χ2v) is 30.3. The van der Waals surface area contributed by atoms with Crippen molar-refractivity contribution in [2.45, 2.75) is 195 Å². The summed E-state index contributed by atoms with van der Waals surface area (Å²) >= 11 is 0. The Hall–Kier alpha value is -5.17. The summed E-state index contributed by atoms with van der Waals surface area (Å²) in [7, 11) is 0. The quantitative estimate of drug-likeness (QED) is 0.130. The van der Waals surface area contributed by atoms with Crippen LogP contribution in [-0.4, -0.2) is 46.6 Å². The van der Waals surface area contributed by atoms with Crippen LogP contribution < -0.4 is 21.1 Å². The Labute approximate surface area is 504 Å². The molecule has 8 aliphatic carbocycles. The number of aliphatic hydroxyl groups is 2. The molecule has 6 heteroatoms. The average Bonchev–Trinajstić information content (AvgIpc) is 0.931. The molecule has 13 atom stereocenters. The Kier molecular flexibility index (Phi) is 15.5. The van der Waals surface area contributed by atoms with Crippen molar-refractivity contribution in [1.29, 1.82) is 0 Å². The van der Waals surface area contributed by atoms with Gasteiger partial charge in [0.2, 0.25) is 0 Å². The van der Waals surface area contributed by atoms with Gasteiger partial charge in [0, 0.05) is 41.2 Å². The minimum atomic E-state index is -0.753. The Balaban J connectivity index is 1.00. The monoisotopic (exact) mass is 1130 g/mol. The van der Waals surface area contributed by atoms with Crippen molar-refractivity contribution >= 4 is 23.2 Å². The van der Waals surface area contributed by atoms with Crippen LogP contribution in [0, 0.1) is 74.4 Å². The number of hydrogen-bond donors (Lipinski definition) is 5. The number of fused-ring (bicyclic) bond motifs is 1. The van der Waals surface area contributed by atoms with Gasteiger partial charge in [0.15, 0.2) is 0 Å². The summed E-state index contributed by atoms with van der Waals surface area (Å²) in [6, 6.07) is 27.7. The smallest absolute Gasteiger partial charge is 0.306 e. The highest BCUT2D eigenvalue weighted by atomic mass is 16.4. The lowest BCUT2D eigenvalue weighted by molar-refractivity contribution is -0.164. The van der Waals surface area contributed by atoms with Crippen LogP contribution in [0.1, 0.15) is 186 Å². The molecule has 446 valence electrons. The van der Waals surface area contributed by atoms with E-state index in [1.165, 1.54) is 93.5 Å². The first-order valence-electron chi connectivity index (χ1n) is 33.7. The number of aliphatic carboxylic acids is 1. The minimum absolute atomic E-state index is 0.0957. The number of dihydropyridines is 1. The molecule has 0 unspecified atom stereocenters. The fraction of sp³-hybridized carbons (Fsp3) is 0.577. The van der Waals surface area contributed by atoms with Crippen LogP contribution >= 0.6 is 0 Å². The van der Waals surface area contributed by atoms with Gasteiger partial charge in [0.1, 0.15) is 0 Å². The van der Waals surface area contributed by atoms with Crippen LogP contribution in [0.5, 0.6) is 0 Å². The van der Waals surface area contributed by atoms with E-state index in [1.54, 1.807) is 16.7 Å². The Morgan fingerprint density at radius 2 is 1.62 bits per heavy atom. The van der Waals surface area contributed by atoms with Crippen LogP contribution in [0.4, 0.5) is 0 Å². The number of carboxylic acid groups (broad SMARTS) is 1. The molecule has 3 aromatic rings. The van der Waals surface area contributed by atoms with Gasteiger partial charge in [0.25, 0.3) is 0 Å². The fourth-order valence-electron chi connectivity index (χ4n) is 21.1. The highest BCUT2D eigenvalue weighted by Gasteiger charge is 2.75. The number of aliphatic hydroxyl groups excluding tert-OH is 2. The van der Waals surface area contributed by atoms with Crippen molar-refractivity contribution in [3.8, 4) is 0 Å². The molecule has 0 radical (unpaired) electrons. The summed E-state index contributed by atoms with van der Waals surface area (Å²) in [4.78, 5) is 14.2. The second-order valence-electron chi connectivity index (χ2n) is 30.3. The molecule has 3 aromatic carbocycles. The lowest BCUT2D eigenvalue weighted by Crippen LogP contribution is -2.68. The van der Waals surface area contributed by atoms with Gasteiger partial charge in [0.05, 0.1) is 23.9 Å². The van der Waals surface area contributed by atoms with Crippen molar-refractivity contribution < 1.29 is 20.1 Å². The zero-order valence-corrected chi connectivity index (χ0v) is 52.0. The number of carbonyl (C=O) groups is 1. The van der Waals surface area contributed by atoms with Crippen LogP contribution in [0.2, 0.25) is 0 Å². The van der Waals surface area contributed by atoms with Crippen LogP contribution in [0.25, 0.3) is 17.2 Å². The summed E-state index contributed by atoms with van der Waals surface area (Å²) in [5.41, 5.74) is 13.9. The van der Waals surface area contributed by atoms with E-state index in [1.807, 2.05) is 0 Å². The zero-order valence-electron chi connectivity index (χ0n) is 52.0. The van der Waals surface area contributed by atoms with E-state index in [9.17, 15) is 20.1 Å². The Morgan fingerprint density at radius 1 is 0.821 bits per heavy atom. The number of allylic oxidation sites excluding steroid dienone is 9. The summed E-state index contributed by atoms with van der Waals surface area (Å²) in [6.45, 7) is 21.1. The summed E-state index contributed by atoms with van der Waals surface area (Å²) < 4.78 is 0. The summed E-state index contributed by atoms with van der Waals surface area (Å²) in [6.07, 6.45) is 33.3. The predicted molar refractivity (Wildman–Crippen MR) is 343 cm³/mol. The molecule has 5 N–H and O–H groups in total. The normalized spacial score (nSPS) is 35.9. The third-order valence-electron chi connectivity index (χ3n) is 25.3. The fourth-order valence-corrected chi connectivity index (χ4v) is 21.1. The number of nitrogens with one attached hydrogen (secondary N) is 2. The molecule has 3 fully saturated rings. The lowest BCUT2D eigenvalue weighted by Gasteiger charge is -2.73. The Morgan fingerprint density at radius 3 is 2.39 bits per heavy atom. The van der Waals surface area contributed by atoms with E-state index in [-0.39, 0.29) is 34.0 Å². The molecule has 0 amide bonds. The first-order valence-corrected chi connectivity index (χ1v) is 33.7. The van der Waals surface area contributed by atoms with Gasteiger partial charge in [-0.05, 0) is 218 Å². The molecule has 3 saturated carbocycles. The third-order valence-corrected chi connectivity index (χ3v) is 25.3. The standard InChI is InChI=1S/C78H100N2O4/c1-49(2)41-58-34-37-74(5)69(82)36-39-78-65-35-38-75(6)71-61(72(83)84)32-28-51(4)59(54-20-12-9-13-21-54)25-16-40-79-70-33-31-57(48-80-70)56-23-14-19-53(42-56)43-63-60-24-15-22-55(30-27-50(3)26-29-52-17-10-8-11-18-52)62(60)44-66(78)64(63)45-77(58,73(74)78)46-67(65)76(75,7)47-68(71)81/h8,10-11,14-15,17-19,22-24,31,33-34,42,44-45,49-50,54,59,61,66,68-69,71,73,79-82H,4,9,12-13,16,20-21,25-30,32,35-41,43,46-48H2,1-3,5-7H3,(H,83,84)/t50-,59-,61-,66+,68-,69+,71+,73-,74-,75-,76+,77-,78-/m1/s1. The predicted octanol–water partition coefficient (Wildman–Crippen LogP) is 15.1. The summed E-state index contributed by atoms with van der Waals surface area (Å²) in [5.74, 6) is 1.53. The van der Waals surface area contributed by atoms with E-state index in [0.717, 1.165) is 102 Å². The van der Waals surface area contributed by atoms with Crippen molar-refractivity contribution in [2.75, 3.05) is 13.1 Å². The maximum Gasteiger partial charge on any atom is 0.306 e. The van der Waals surface area contributed by atoms with Crippen LogP contribution in [0.15, 0.2) is 137 Å². The lowest BCUT2D eigenvalue weighted by atomic mass is 9.30. The van der Waals surface area contributed by atoms with E-state index in [0.29, 0.717) is 42.9 Å². The van der Waals surface area contributed by atoms with Crippen LogP contribution in [-0.2, 0) is 24.1 Å². The molecule has 14 aliphatic rings. The van der Waals surface area contributed by atoms with Gasteiger partial charge < -0.3 is 26.0 Å². The largest absolute Gasteiger partial charge is 0.481 e. The maximum atomic E-state index is 14.2. The van der Waals surface area contributed by atoms with Gasteiger partial charge in [-0.15, -0.1) is 0 Å². The molecule has 6 nitrogen and oxygen atoms in total. The second kappa shape index (κ2) is 22.5. The molecular formula is C78H100N2O4. The molecule has 14 bridgehead atoms. The topological polar surface area (TPSA) is 102 Å². The minimum Gasteiger partial charge on any atom is -0.481 e. The Bertz CT molecular complexity index is 3350. The molecule has 84 heavy (non-hydrogen) atoms. The van der Waals surface area contributed by atoms with Gasteiger partial charge in [-0.1, -0.05) is 187 Å². The molecule has 0 aromatic heterocycles. The summed E-state index contributed by atoms with van der Waals surface area (Å²) in [5, 5.41) is 47.8. The van der Waals surface area contributed by atoms with E-state index in [4.69, 9.17) is 6.58 Å². The number of benzene rings is 3. The zero-order chi connectivity index (χ0) is 58.3. The molecule has 17 rings (SSSR count). The van der Waals surface area contributed by atoms with Crippen molar-refractivity contribution in [2.24, 2.45) is 74.4 Å². The van der Waals surface area contributed by atoms with Gasteiger partial charge >= 0.3 is 5.97 Å². The van der Waals surface area contributed by atoms with Gasteiger partial charge in [-0.2, -0.15) is 0 Å². The number of hydrogen-bond acceptors (Lipinski definition) is 5. The van der Waals surface area contributed by atoms with Crippen molar-refractivity contribution in [3.05, 3.63) is 170 Å². The number of aryl methyl sites for hydroxylation is 2. The highest BCUT2D eigenvalue weighted by Crippen LogP contribution is 2.81. The molecule has 0 saturated heterocycles. The highest BCUT2D eigenvalue weighted by molar-refractivity contribution is 5.78. The van der Waals surface area contributed by atoms with Gasteiger partial charge in [-0.3, -0.25) is 4.79 Å². The first-order chi connectivity index (χ1) is 40.5. The van der Waals surface area contributed by atoms with E-state index >= 15 is 0 Å². The van der Waals surface area contributed by atoms with E-state index < -0.39 is 34.9 Å². The molecule has 6 heterocycles. The van der Waals surface area contributed by atoms with Crippen molar-refractivity contribution in [1.82, 2.24) is 10.6 Å². The molecule has 6 aliphatic heterocycles. The molecule has 2 spiro atoms. The average molecular weight is 1130 g/mol. The SMILES string of the molecule is C=C1CC[C@@H](C(=O)O)[C@H]2[C@H](O)C[C@@]3(C)C4=C(CC[C@]23C)[C@]23CC[C@H](O)[C@@]5(C)CC=C(CC(C)C)[C@@](C=C6C(=c7cccc(CC[C@H](C)CCc8ccccc8)c7=C[C@@H]62)Cc2cccc(c2)C2=CC=C(NCCC[C@H]1C1CCCCC1)NC2)(C4)[C@@H]53.